The first kappa shape index (κ1) is 14.2. The smallest absolute Gasteiger partial charge is 0.138 e. The fourth-order valence-electron chi connectivity index (χ4n) is 2.43. The standard InChI is InChI=1S/C13H18FIN2S/c1-18-13-5-3-2-4-11(13)17-12-6-8(14)9(15)7-10(12)16/h6-7,11,13,17H,2-5,16H2,1H3. The molecule has 1 aliphatic carbocycles. The van der Waals surface area contributed by atoms with E-state index in [4.69, 9.17) is 5.73 Å². The number of anilines is 2. The molecule has 2 atom stereocenters. The van der Waals surface area contributed by atoms with Crippen LogP contribution in [0.25, 0.3) is 0 Å². The largest absolute Gasteiger partial charge is 0.397 e. The van der Waals surface area contributed by atoms with Crippen molar-refractivity contribution in [3.63, 3.8) is 0 Å². The number of nitrogens with two attached hydrogens (primary N) is 1. The van der Waals surface area contributed by atoms with Gasteiger partial charge in [0, 0.05) is 17.4 Å². The molecule has 0 heterocycles. The number of hydrogen-bond donors (Lipinski definition) is 2. The highest BCUT2D eigenvalue weighted by atomic mass is 127. The summed E-state index contributed by atoms with van der Waals surface area (Å²) in [5.41, 5.74) is 7.32. The van der Waals surface area contributed by atoms with E-state index in [2.05, 4.69) is 11.6 Å². The highest BCUT2D eigenvalue weighted by Gasteiger charge is 2.24. The van der Waals surface area contributed by atoms with Gasteiger partial charge in [-0.25, -0.2) is 4.39 Å². The maximum atomic E-state index is 13.6. The first-order valence-corrected chi connectivity index (χ1v) is 8.52. The lowest BCUT2D eigenvalue weighted by atomic mass is 9.94. The summed E-state index contributed by atoms with van der Waals surface area (Å²) in [4.78, 5) is 0. The van der Waals surface area contributed by atoms with Gasteiger partial charge in [-0.2, -0.15) is 11.8 Å². The van der Waals surface area contributed by atoms with Gasteiger partial charge in [-0.05, 0) is 47.8 Å². The van der Waals surface area contributed by atoms with E-state index >= 15 is 0 Å². The van der Waals surface area contributed by atoms with Crippen LogP contribution in [-0.4, -0.2) is 17.5 Å². The van der Waals surface area contributed by atoms with Gasteiger partial charge in [0.2, 0.25) is 0 Å². The van der Waals surface area contributed by atoms with E-state index in [0.29, 0.717) is 20.5 Å². The molecule has 1 aliphatic rings. The summed E-state index contributed by atoms with van der Waals surface area (Å²) in [6.45, 7) is 0. The molecular weight excluding hydrogens is 362 g/mol. The second-order valence-corrected chi connectivity index (χ2v) is 6.90. The number of thioether (sulfide) groups is 1. The molecule has 0 aliphatic heterocycles. The van der Waals surface area contributed by atoms with Crippen LogP contribution < -0.4 is 11.1 Å². The maximum Gasteiger partial charge on any atom is 0.138 e. The van der Waals surface area contributed by atoms with Gasteiger partial charge >= 0.3 is 0 Å². The Balaban J connectivity index is 2.15. The molecule has 3 N–H and O–H groups in total. The van der Waals surface area contributed by atoms with E-state index in [1.54, 1.807) is 6.07 Å². The molecule has 2 unspecified atom stereocenters. The average Bonchev–Trinajstić information content (AvgIpc) is 2.36. The molecule has 100 valence electrons. The Labute approximate surface area is 125 Å². The van der Waals surface area contributed by atoms with E-state index in [0.717, 1.165) is 12.1 Å². The monoisotopic (exact) mass is 380 g/mol. The van der Waals surface area contributed by atoms with Crippen LogP contribution in [0, 0.1) is 9.39 Å². The van der Waals surface area contributed by atoms with Crippen molar-refractivity contribution < 1.29 is 4.39 Å². The summed E-state index contributed by atoms with van der Waals surface area (Å²) >= 11 is 3.85. The number of hydrogen-bond acceptors (Lipinski definition) is 3. The second-order valence-electron chi connectivity index (χ2n) is 4.66. The van der Waals surface area contributed by atoms with Crippen LogP contribution >= 0.6 is 34.4 Å². The Morgan fingerprint density at radius 3 is 2.83 bits per heavy atom. The average molecular weight is 380 g/mol. The molecule has 0 saturated heterocycles. The molecule has 2 rings (SSSR count). The lowest BCUT2D eigenvalue weighted by Crippen LogP contribution is -2.34. The molecule has 1 aromatic carbocycles. The molecule has 1 saturated carbocycles. The Bertz CT molecular complexity index is 428. The van der Waals surface area contributed by atoms with Gasteiger partial charge in [-0.15, -0.1) is 0 Å². The van der Waals surface area contributed by atoms with Crippen molar-refractivity contribution in [3.8, 4) is 0 Å². The SMILES string of the molecule is CSC1CCCCC1Nc1cc(F)c(I)cc1N. The van der Waals surface area contributed by atoms with Crippen molar-refractivity contribution in [3.05, 3.63) is 21.5 Å². The highest BCUT2D eigenvalue weighted by Crippen LogP contribution is 2.32. The van der Waals surface area contributed by atoms with Crippen molar-refractivity contribution in [1.82, 2.24) is 0 Å². The van der Waals surface area contributed by atoms with Crippen LogP contribution in [0.15, 0.2) is 12.1 Å². The van der Waals surface area contributed by atoms with Crippen LogP contribution in [0.4, 0.5) is 15.8 Å². The topological polar surface area (TPSA) is 38.0 Å². The van der Waals surface area contributed by atoms with Crippen LogP contribution in [0.5, 0.6) is 0 Å². The third kappa shape index (κ3) is 3.23. The highest BCUT2D eigenvalue weighted by molar-refractivity contribution is 14.1. The normalized spacial score (nSPS) is 23.9. The third-order valence-electron chi connectivity index (χ3n) is 3.44. The molecule has 0 aromatic heterocycles. The first-order valence-electron chi connectivity index (χ1n) is 6.15. The first-order chi connectivity index (χ1) is 8.61. The summed E-state index contributed by atoms with van der Waals surface area (Å²) in [5, 5.41) is 4.03. The van der Waals surface area contributed by atoms with Gasteiger partial charge in [0.25, 0.3) is 0 Å². The zero-order valence-corrected chi connectivity index (χ0v) is 13.4. The zero-order chi connectivity index (χ0) is 13.1. The summed E-state index contributed by atoms with van der Waals surface area (Å²) in [6, 6.07) is 3.61. The number of benzene rings is 1. The Morgan fingerprint density at radius 2 is 2.11 bits per heavy atom. The summed E-state index contributed by atoms with van der Waals surface area (Å²) in [7, 11) is 0. The summed E-state index contributed by atoms with van der Waals surface area (Å²) < 4.78 is 14.2. The Morgan fingerprint density at radius 1 is 1.39 bits per heavy atom. The van der Waals surface area contributed by atoms with Crippen molar-refractivity contribution in [2.75, 3.05) is 17.3 Å². The fourth-order valence-corrected chi connectivity index (χ4v) is 3.86. The van der Waals surface area contributed by atoms with Crippen LogP contribution in [0.1, 0.15) is 25.7 Å². The van der Waals surface area contributed by atoms with E-state index < -0.39 is 0 Å². The van der Waals surface area contributed by atoms with Crippen LogP contribution in [0.2, 0.25) is 0 Å². The molecule has 1 fully saturated rings. The van der Waals surface area contributed by atoms with Gasteiger partial charge in [0.15, 0.2) is 0 Å². The minimum Gasteiger partial charge on any atom is -0.397 e. The molecule has 2 nitrogen and oxygen atoms in total. The molecule has 0 amide bonds. The van der Waals surface area contributed by atoms with Crippen LogP contribution in [-0.2, 0) is 0 Å². The predicted molar refractivity (Wildman–Crippen MR) is 86.7 cm³/mol. The van der Waals surface area contributed by atoms with Gasteiger partial charge in [-0.3, -0.25) is 0 Å². The Hall–Kier alpha value is -0.170. The molecule has 5 heteroatoms. The minimum absolute atomic E-state index is 0.205. The van der Waals surface area contributed by atoms with Gasteiger partial charge in [0.1, 0.15) is 5.82 Å². The lowest BCUT2D eigenvalue weighted by molar-refractivity contribution is 0.475. The zero-order valence-electron chi connectivity index (χ0n) is 10.4. The predicted octanol–water partition coefficient (Wildman–Crippen LogP) is 4.10. The van der Waals surface area contributed by atoms with Crippen molar-refractivity contribution in [2.45, 2.75) is 37.0 Å². The quantitative estimate of drug-likeness (QED) is 0.613. The maximum absolute atomic E-state index is 13.6. The number of nitrogens with one attached hydrogen (secondary N) is 1. The van der Waals surface area contributed by atoms with E-state index in [-0.39, 0.29) is 5.82 Å². The molecule has 0 radical (unpaired) electrons. The molecule has 1 aromatic rings. The van der Waals surface area contributed by atoms with Crippen molar-refractivity contribution in [1.29, 1.82) is 0 Å². The van der Waals surface area contributed by atoms with Gasteiger partial charge in [-0.1, -0.05) is 12.8 Å². The number of nitrogen functional groups attached to an aromatic ring is 1. The Kier molecular flexibility index (Phi) is 5.00. The summed E-state index contributed by atoms with van der Waals surface area (Å²) in [5.74, 6) is -0.205. The number of rotatable bonds is 3. The van der Waals surface area contributed by atoms with E-state index in [9.17, 15) is 4.39 Å². The minimum atomic E-state index is -0.205. The summed E-state index contributed by atoms with van der Waals surface area (Å²) in [6.07, 6.45) is 7.04. The van der Waals surface area contributed by atoms with Gasteiger partial charge in [0.05, 0.1) is 14.9 Å². The van der Waals surface area contributed by atoms with Crippen molar-refractivity contribution >= 4 is 45.7 Å². The molecule has 0 spiro atoms. The van der Waals surface area contributed by atoms with E-state index in [1.165, 1.54) is 25.3 Å². The number of halogens is 2. The van der Waals surface area contributed by atoms with Crippen molar-refractivity contribution in [2.24, 2.45) is 0 Å². The lowest BCUT2D eigenvalue weighted by Gasteiger charge is -2.32. The molecule has 0 bridgehead atoms. The molecular formula is C13H18FIN2S. The fraction of sp³-hybridized carbons (Fsp3) is 0.538. The van der Waals surface area contributed by atoms with Crippen LogP contribution in [0.3, 0.4) is 0 Å². The third-order valence-corrected chi connectivity index (χ3v) is 5.44. The second kappa shape index (κ2) is 6.32. The van der Waals surface area contributed by atoms with Gasteiger partial charge < -0.3 is 11.1 Å². The van der Waals surface area contributed by atoms with E-state index in [1.807, 2.05) is 34.4 Å². The molecule has 18 heavy (non-hydrogen) atoms.